The minimum absolute atomic E-state index is 0.208. The van der Waals surface area contributed by atoms with Crippen LogP contribution in [0.15, 0.2) is 33.0 Å². The molecule has 0 unspecified atom stereocenters. The van der Waals surface area contributed by atoms with Gasteiger partial charge in [-0.3, -0.25) is 4.57 Å². The van der Waals surface area contributed by atoms with Gasteiger partial charge >= 0.3 is 5.69 Å². The van der Waals surface area contributed by atoms with Crippen molar-refractivity contribution in [1.82, 2.24) is 14.8 Å². The maximum Gasteiger partial charge on any atom is 0.344 e. The van der Waals surface area contributed by atoms with Crippen LogP contribution in [0.1, 0.15) is 37.5 Å². The second kappa shape index (κ2) is 5.06. The minimum Gasteiger partial charge on any atom is -0.389 e. The number of hydrogen-bond acceptors (Lipinski definition) is 4. The molecular formula is C13H14FN3O2S. The summed E-state index contributed by atoms with van der Waals surface area (Å²) in [7, 11) is 0. The monoisotopic (exact) mass is 295 g/mol. The number of rotatable bonds is 4. The van der Waals surface area contributed by atoms with Gasteiger partial charge in [0, 0.05) is 10.9 Å². The molecule has 1 fully saturated rings. The van der Waals surface area contributed by atoms with Gasteiger partial charge in [0.05, 0.1) is 6.10 Å². The highest BCUT2D eigenvalue weighted by Gasteiger charge is 2.29. The largest absolute Gasteiger partial charge is 0.389 e. The molecule has 0 saturated heterocycles. The van der Waals surface area contributed by atoms with Crippen LogP contribution in [-0.2, 0) is 0 Å². The normalized spacial score (nSPS) is 16.4. The number of halogens is 1. The first kappa shape index (κ1) is 13.4. The molecule has 1 aromatic carbocycles. The predicted molar refractivity (Wildman–Crippen MR) is 72.3 cm³/mol. The predicted octanol–water partition coefficient (Wildman–Crippen LogP) is 2.25. The van der Waals surface area contributed by atoms with Gasteiger partial charge in [0.25, 0.3) is 0 Å². The van der Waals surface area contributed by atoms with Crippen molar-refractivity contribution < 1.29 is 9.50 Å². The van der Waals surface area contributed by atoms with Crippen molar-refractivity contribution in [3.8, 4) is 0 Å². The fraction of sp³-hybridized carbons (Fsp3) is 0.385. The number of aliphatic hydroxyl groups excluding tert-OH is 1. The maximum atomic E-state index is 13.3. The molecule has 5 nitrogen and oxygen atoms in total. The van der Waals surface area contributed by atoms with Crippen LogP contribution in [0.4, 0.5) is 4.39 Å². The zero-order valence-electron chi connectivity index (χ0n) is 10.8. The summed E-state index contributed by atoms with van der Waals surface area (Å²) in [5.74, 6) is -0.396. The molecule has 0 spiro atoms. The minimum atomic E-state index is -0.784. The Kier molecular flexibility index (Phi) is 3.39. The quantitative estimate of drug-likeness (QED) is 0.907. The fourth-order valence-corrected chi connectivity index (χ4v) is 3.16. The van der Waals surface area contributed by atoms with E-state index in [0.717, 1.165) is 12.8 Å². The SMILES string of the molecule is C[C@@H](O)c1cc(F)ccc1Sc1n[nH]c(=O)n1C1CC1. The molecule has 0 amide bonds. The molecule has 0 aliphatic heterocycles. The first-order chi connectivity index (χ1) is 9.56. The Hall–Kier alpha value is -1.60. The van der Waals surface area contributed by atoms with Crippen LogP contribution in [0.3, 0.4) is 0 Å². The summed E-state index contributed by atoms with van der Waals surface area (Å²) in [6, 6.07) is 4.44. The van der Waals surface area contributed by atoms with Crippen molar-refractivity contribution >= 4 is 11.8 Å². The molecule has 1 aliphatic rings. The summed E-state index contributed by atoms with van der Waals surface area (Å²) >= 11 is 1.26. The summed E-state index contributed by atoms with van der Waals surface area (Å²) in [6.07, 6.45) is 1.16. The van der Waals surface area contributed by atoms with E-state index >= 15 is 0 Å². The average molecular weight is 295 g/mol. The Balaban J connectivity index is 1.97. The highest BCUT2D eigenvalue weighted by atomic mass is 32.2. The molecule has 0 bridgehead atoms. The van der Waals surface area contributed by atoms with Gasteiger partial charge in [-0.05, 0) is 55.3 Å². The molecule has 106 valence electrons. The Labute approximate surface area is 118 Å². The number of nitrogens with zero attached hydrogens (tertiary/aromatic N) is 2. The van der Waals surface area contributed by atoms with Crippen molar-refractivity contribution in [2.45, 2.75) is 42.0 Å². The maximum absolute atomic E-state index is 13.3. The molecule has 3 rings (SSSR count). The van der Waals surface area contributed by atoms with Gasteiger partial charge in [0.2, 0.25) is 0 Å². The summed E-state index contributed by atoms with van der Waals surface area (Å²) in [4.78, 5) is 12.4. The van der Waals surface area contributed by atoms with Crippen LogP contribution in [0.5, 0.6) is 0 Å². The van der Waals surface area contributed by atoms with Gasteiger partial charge in [-0.2, -0.15) is 0 Å². The van der Waals surface area contributed by atoms with Crippen molar-refractivity contribution in [1.29, 1.82) is 0 Å². The molecule has 1 aliphatic carbocycles. The van der Waals surface area contributed by atoms with E-state index in [1.165, 1.54) is 23.9 Å². The molecule has 1 atom stereocenters. The molecule has 2 aromatic rings. The van der Waals surface area contributed by atoms with E-state index in [-0.39, 0.29) is 11.7 Å². The van der Waals surface area contributed by atoms with Crippen LogP contribution in [0.25, 0.3) is 0 Å². The molecular weight excluding hydrogens is 281 g/mol. The van der Waals surface area contributed by atoms with Crippen LogP contribution < -0.4 is 5.69 Å². The highest BCUT2D eigenvalue weighted by Crippen LogP contribution is 2.39. The fourth-order valence-electron chi connectivity index (χ4n) is 2.05. The zero-order chi connectivity index (χ0) is 14.3. The van der Waals surface area contributed by atoms with Crippen molar-refractivity contribution in [2.24, 2.45) is 0 Å². The van der Waals surface area contributed by atoms with E-state index in [2.05, 4.69) is 10.2 Å². The number of aromatic nitrogens is 3. The highest BCUT2D eigenvalue weighted by molar-refractivity contribution is 7.99. The number of hydrogen-bond donors (Lipinski definition) is 2. The van der Waals surface area contributed by atoms with Crippen molar-refractivity contribution in [3.63, 3.8) is 0 Å². The molecule has 0 radical (unpaired) electrons. The molecule has 1 heterocycles. The zero-order valence-corrected chi connectivity index (χ0v) is 11.7. The van der Waals surface area contributed by atoms with E-state index < -0.39 is 11.9 Å². The summed E-state index contributed by atoms with van der Waals surface area (Å²) < 4.78 is 14.9. The first-order valence-electron chi connectivity index (χ1n) is 6.38. The molecule has 20 heavy (non-hydrogen) atoms. The first-order valence-corrected chi connectivity index (χ1v) is 7.20. The lowest BCUT2D eigenvalue weighted by Crippen LogP contribution is -2.16. The van der Waals surface area contributed by atoms with Gasteiger partial charge in [-0.25, -0.2) is 14.3 Å². The van der Waals surface area contributed by atoms with E-state index in [0.29, 0.717) is 15.6 Å². The van der Waals surface area contributed by atoms with Crippen LogP contribution in [-0.4, -0.2) is 19.9 Å². The number of aliphatic hydroxyl groups is 1. The van der Waals surface area contributed by atoms with Gasteiger partial charge in [-0.1, -0.05) is 0 Å². The lowest BCUT2D eigenvalue weighted by atomic mass is 10.1. The number of H-pyrrole nitrogens is 1. The number of nitrogens with one attached hydrogen (secondary N) is 1. The summed E-state index contributed by atoms with van der Waals surface area (Å²) in [5.41, 5.74) is 0.267. The average Bonchev–Trinajstić information content (AvgIpc) is 3.17. The third-order valence-electron chi connectivity index (χ3n) is 3.21. The van der Waals surface area contributed by atoms with Crippen LogP contribution in [0.2, 0.25) is 0 Å². The standard InChI is InChI=1S/C13H14FN3O2S/c1-7(18)10-6-8(14)2-5-11(10)20-13-16-15-12(19)17(13)9-3-4-9/h2,5-7,9,18H,3-4H2,1H3,(H,15,19)/t7-/m1/s1. The van der Waals surface area contributed by atoms with Crippen molar-refractivity contribution in [3.05, 3.63) is 40.1 Å². The van der Waals surface area contributed by atoms with E-state index in [9.17, 15) is 14.3 Å². The third kappa shape index (κ3) is 2.51. The Morgan fingerprint density at radius 1 is 1.55 bits per heavy atom. The second-order valence-electron chi connectivity index (χ2n) is 4.87. The van der Waals surface area contributed by atoms with Gasteiger partial charge < -0.3 is 5.11 Å². The van der Waals surface area contributed by atoms with E-state index in [1.54, 1.807) is 17.6 Å². The molecule has 1 saturated carbocycles. The number of aromatic amines is 1. The topological polar surface area (TPSA) is 70.9 Å². The van der Waals surface area contributed by atoms with Crippen LogP contribution >= 0.6 is 11.8 Å². The van der Waals surface area contributed by atoms with Gasteiger partial charge in [0.15, 0.2) is 5.16 Å². The number of benzene rings is 1. The Bertz CT molecular complexity index is 691. The summed E-state index contributed by atoms with van der Waals surface area (Å²) in [5, 5.41) is 16.7. The molecule has 7 heteroatoms. The van der Waals surface area contributed by atoms with Crippen molar-refractivity contribution in [2.75, 3.05) is 0 Å². The molecule has 1 aromatic heterocycles. The van der Waals surface area contributed by atoms with E-state index in [4.69, 9.17) is 0 Å². The lowest BCUT2D eigenvalue weighted by Gasteiger charge is -2.11. The smallest absolute Gasteiger partial charge is 0.344 e. The summed E-state index contributed by atoms with van der Waals surface area (Å²) in [6.45, 7) is 1.58. The Morgan fingerprint density at radius 3 is 2.95 bits per heavy atom. The van der Waals surface area contributed by atoms with Gasteiger partial charge in [-0.15, -0.1) is 5.10 Å². The Morgan fingerprint density at radius 2 is 2.30 bits per heavy atom. The second-order valence-corrected chi connectivity index (χ2v) is 5.88. The third-order valence-corrected chi connectivity index (χ3v) is 4.27. The molecule has 2 N–H and O–H groups in total. The lowest BCUT2D eigenvalue weighted by molar-refractivity contribution is 0.196. The van der Waals surface area contributed by atoms with Crippen LogP contribution in [0, 0.1) is 5.82 Å². The van der Waals surface area contributed by atoms with Gasteiger partial charge in [0.1, 0.15) is 5.82 Å². The van der Waals surface area contributed by atoms with E-state index in [1.807, 2.05) is 0 Å².